The highest BCUT2D eigenvalue weighted by atomic mass is 15.3. The Balaban J connectivity index is 2.60. The summed E-state index contributed by atoms with van der Waals surface area (Å²) in [5.74, 6) is 0. The largest absolute Gasteiger partial charge is 0.396 e. The molecule has 0 aliphatic heterocycles. The minimum atomic E-state index is 0.638. The van der Waals surface area contributed by atoms with Gasteiger partial charge in [-0.15, -0.1) is 0 Å². The second kappa shape index (κ2) is 3.14. The first-order valence-corrected chi connectivity index (χ1v) is 4.41. The summed E-state index contributed by atoms with van der Waals surface area (Å²) in [5.41, 5.74) is 9.38. The van der Waals surface area contributed by atoms with Gasteiger partial charge in [-0.1, -0.05) is 0 Å². The Morgan fingerprint density at radius 3 is 2.71 bits per heavy atom. The van der Waals surface area contributed by atoms with Crippen molar-refractivity contribution >= 4 is 5.69 Å². The predicted molar refractivity (Wildman–Crippen MR) is 55.2 cm³/mol. The fourth-order valence-electron chi connectivity index (χ4n) is 1.46. The Hall–Kier alpha value is -1.84. The summed E-state index contributed by atoms with van der Waals surface area (Å²) in [4.78, 5) is 3.94. The zero-order valence-corrected chi connectivity index (χ0v) is 8.23. The van der Waals surface area contributed by atoms with Crippen LogP contribution < -0.4 is 5.73 Å². The second-order valence-corrected chi connectivity index (χ2v) is 3.27. The lowest BCUT2D eigenvalue weighted by molar-refractivity contribution is 0.834. The molecule has 14 heavy (non-hydrogen) atoms. The predicted octanol–water partition coefficient (Wildman–Crippen LogP) is 1.47. The van der Waals surface area contributed by atoms with E-state index in [9.17, 15) is 0 Å². The minimum Gasteiger partial charge on any atom is -0.396 e. The van der Waals surface area contributed by atoms with E-state index in [-0.39, 0.29) is 0 Å². The summed E-state index contributed by atoms with van der Waals surface area (Å²) in [6, 6.07) is 3.87. The van der Waals surface area contributed by atoms with Crippen LogP contribution in [0.25, 0.3) is 5.69 Å². The Labute approximate surface area is 82.4 Å². The Morgan fingerprint density at radius 1 is 1.36 bits per heavy atom. The highest BCUT2D eigenvalue weighted by Crippen LogP contribution is 2.16. The Bertz CT molecular complexity index is 459. The second-order valence-electron chi connectivity index (χ2n) is 3.27. The molecule has 0 fully saturated rings. The SMILES string of the molecule is Cc1cc(C)n(-c2ccncc2N)n1. The van der Waals surface area contributed by atoms with Gasteiger partial charge in [0.15, 0.2) is 0 Å². The number of nitrogen functional groups attached to an aromatic ring is 1. The molecule has 4 heteroatoms. The maximum Gasteiger partial charge on any atom is 0.0909 e. The minimum absolute atomic E-state index is 0.638. The molecular weight excluding hydrogens is 176 g/mol. The third kappa shape index (κ3) is 1.35. The molecule has 2 rings (SSSR count). The average molecular weight is 188 g/mol. The number of anilines is 1. The Morgan fingerprint density at radius 2 is 2.14 bits per heavy atom. The van der Waals surface area contributed by atoms with E-state index >= 15 is 0 Å². The molecule has 0 spiro atoms. The molecule has 2 aromatic rings. The van der Waals surface area contributed by atoms with Gasteiger partial charge in [0, 0.05) is 11.9 Å². The van der Waals surface area contributed by atoms with Gasteiger partial charge in [-0.25, -0.2) is 4.68 Å². The number of aryl methyl sites for hydroxylation is 2. The van der Waals surface area contributed by atoms with E-state index in [1.165, 1.54) is 0 Å². The fraction of sp³-hybridized carbons (Fsp3) is 0.200. The first kappa shape index (κ1) is 8.74. The Kier molecular flexibility index (Phi) is 1.96. The molecule has 0 atom stereocenters. The van der Waals surface area contributed by atoms with E-state index in [4.69, 9.17) is 5.73 Å². The quantitative estimate of drug-likeness (QED) is 0.737. The third-order valence-electron chi connectivity index (χ3n) is 2.07. The van der Waals surface area contributed by atoms with Crippen LogP contribution in [0.4, 0.5) is 5.69 Å². The molecule has 2 N–H and O–H groups in total. The van der Waals surface area contributed by atoms with Gasteiger partial charge in [-0.3, -0.25) is 4.98 Å². The van der Waals surface area contributed by atoms with E-state index in [0.29, 0.717) is 5.69 Å². The summed E-state index contributed by atoms with van der Waals surface area (Å²) < 4.78 is 1.83. The molecule has 0 aromatic carbocycles. The topological polar surface area (TPSA) is 56.7 Å². The van der Waals surface area contributed by atoms with E-state index in [1.807, 2.05) is 30.7 Å². The van der Waals surface area contributed by atoms with Crippen molar-refractivity contribution in [2.24, 2.45) is 0 Å². The van der Waals surface area contributed by atoms with Gasteiger partial charge < -0.3 is 5.73 Å². The maximum absolute atomic E-state index is 5.81. The molecule has 0 unspecified atom stereocenters. The van der Waals surface area contributed by atoms with E-state index in [0.717, 1.165) is 17.1 Å². The van der Waals surface area contributed by atoms with Crippen LogP contribution in [0.2, 0.25) is 0 Å². The van der Waals surface area contributed by atoms with E-state index < -0.39 is 0 Å². The van der Waals surface area contributed by atoms with E-state index in [2.05, 4.69) is 10.1 Å². The number of hydrogen-bond acceptors (Lipinski definition) is 3. The van der Waals surface area contributed by atoms with Crippen LogP contribution in [0, 0.1) is 13.8 Å². The average Bonchev–Trinajstić information content (AvgIpc) is 2.46. The molecule has 2 aromatic heterocycles. The highest BCUT2D eigenvalue weighted by Gasteiger charge is 2.05. The smallest absolute Gasteiger partial charge is 0.0909 e. The van der Waals surface area contributed by atoms with Gasteiger partial charge in [0.05, 0.1) is 23.3 Å². The molecule has 0 saturated carbocycles. The summed E-state index contributed by atoms with van der Waals surface area (Å²) in [6.45, 7) is 3.96. The van der Waals surface area contributed by atoms with Gasteiger partial charge in [0.2, 0.25) is 0 Å². The van der Waals surface area contributed by atoms with Crippen LogP contribution in [-0.4, -0.2) is 14.8 Å². The fourth-order valence-corrected chi connectivity index (χ4v) is 1.46. The van der Waals surface area contributed by atoms with Crippen molar-refractivity contribution in [2.45, 2.75) is 13.8 Å². The number of hydrogen-bond donors (Lipinski definition) is 1. The molecule has 0 aliphatic rings. The molecular formula is C10H12N4. The first-order valence-electron chi connectivity index (χ1n) is 4.41. The molecule has 72 valence electrons. The van der Waals surface area contributed by atoms with Crippen molar-refractivity contribution in [2.75, 3.05) is 5.73 Å². The summed E-state index contributed by atoms with van der Waals surface area (Å²) in [5, 5.41) is 4.35. The van der Waals surface area contributed by atoms with Crippen LogP contribution in [0.15, 0.2) is 24.5 Å². The summed E-state index contributed by atoms with van der Waals surface area (Å²) in [6.07, 6.45) is 3.34. The lowest BCUT2D eigenvalue weighted by Crippen LogP contribution is -2.03. The van der Waals surface area contributed by atoms with Crippen molar-refractivity contribution in [1.82, 2.24) is 14.8 Å². The third-order valence-corrected chi connectivity index (χ3v) is 2.07. The van der Waals surface area contributed by atoms with Gasteiger partial charge in [0.25, 0.3) is 0 Å². The summed E-state index contributed by atoms with van der Waals surface area (Å²) in [7, 11) is 0. The number of pyridine rings is 1. The first-order chi connectivity index (χ1) is 6.68. The molecule has 2 heterocycles. The lowest BCUT2D eigenvalue weighted by Gasteiger charge is -2.06. The van der Waals surface area contributed by atoms with Crippen LogP contribution in [0.1, 0.15) is 11.4 Å². The molecule has 0 amide bonds. The van der Waals surface area contributed by atoms with Crippen LogP contribution in [-0.2, 0) is 0 Å². The molecule has 0 saturated heterocycles. The van der Waals surface area contributed by atoms with E-state index in [1.54, 1.807) is 12.4 Å². The molecule has 4 nitrogen and oxygen atoms in total. The number of nitrogens with zero attached hydrogens (tertiary/aromatic N) is 3. The number of rotatable bonds is 1. The zero-order chi connectivity index (χ0) is 10.1. The summed E-state index contributed by atoms with van der Waals surface area (Å²) >= 11 is 0. The van der Waals surface area contributed by atoms with Crippen molar-refractivity contribution in [3.8, 4) is 5.69 Å². The van der Waals surface area contributed by atoms with Crippen LogP contribution in [0.3, 0.4) is 0 Å². The van der Waals surface area contributed by atoms with Crippen LogP contribution in [0.5, 0.6) is 0 Å². The van der Waals surface area contributed by atoms with Gasteiger partial charge in [0.1, 0.15) is 0 Å². The van der Waals surface area contributed by atoms with Gasteiger partial charge in [-0.2, -0.15) is 5.10 Å². The molecule has 0 radical (unpaired) electrons. The van der Waals surface area contributed by atoms with Gasteiger partial charge in [-0.05, 0) is 26.0 Å². The normalized spacial score (nSPS) is 10.4. The zero-order valence-electron chi connectivity index (χ0n) is 8.23. The van der Waals surface area contributed by atoms with Gasteiger partial charge >= 0.3 is 0 Å². The standard InChI is InChI=1S/C10H12N4/c1-7-5-8(2)14(13-7)10-3-4-12-6-9(10)11/h3-6H,11H2,1-2H3. The molecule has 0 aliphatic carbocycles. The number of aromatic nitrogens is 3. The maximum atomic E-state index is 5.81. The monoisotopic (exact) mass is 188 g/mol. The van der Waals surface area contributed by atoms with Crippen molar-refractivity contribution < 1.29 is 0 Å². The highest BCUT2D eigenvalue weighted by molar-refractivity contribution is 5.55. The molecule has 0 bridgehead atoms. The van der Waals surface area contributed by atoms with Crippen LogP contribution >= 0.6 is 0 Å². The lowest BCUT2D eigenvalue weighted by atomic mass is 10.3. The number of nitrogens with two attached hydrogens (primary N) is 1. The van der Waals surface area contributed by atoms with Crippen molar-refractivity contribution in [1.29, 1.82) is 0 Å². The van der Waals surface area contributed by atoms with Crippen molar-refractivity contribution in [3.63, 3.8) is 0 Å². The van der Waals surface area contributed by atoms with Crippen molar-refractivity contribution in [3.05, 3.63) is 35.9 Å².